The number of benzene rings is 3. The van der Waals surface area contributed by atoms with Crippen LogP contribution >= 0.6 is 0 Å². The van der Waals surface area contributed by atoms with E-state index in [9.17, 15) is 26.8 Å². The van der Waals surface area contributed by atoms with Crippen molar-refractivity contribution in [1.29, 1.82) is 0 Å². The molecule has 1 aliphatic heterocycles. The molecule has 2 aromatic heterocycles. The molecule has 1 N–H and O–H groups in total. The van der Waals surface area contributed by atoms with Crippen LogP contribution in [0.15, 0.2) is 77.2 Å². The van der Waals surface area contributed by atoms with Crippen molar-refractivity contribution in [2.75, 3.05) is 31.4 Å². The molecule has 1 atom stereocenters. The van der Waals surface area contributed by atoms with Gasteiger partial charge in [0.05, 0.1) is 29.2 Å². The number of pyridine rings is 1. The molecule has 13 heteroatoms. The maximum Gasteiger partial charge on any atom is 0.279 e. The van der Waals surface area contributed by atoms with Gasteiger partial charge in [-0.3, -0.25) is 18.8 Å². The van der Waals surface area contributed by atoms with Crippen molar-refractivity contribution in [2.45, 2.75) is 13.0 Å². The lowest BCUT2D eigenvalue weighted by atomic mass is 10.0. The van der Waals surface area contributed by atoms with Gasteiger partial charge in [0.2, 0.25) is 10.0 Å². The van der Waals surface area contributed by atoms with Gasteiger partial charge >= 0.3 is 0 Å². The lowest BCUT2D eigenvalue weighted by molar-refractivity contribution is 0.0394. The van der Waals surface area contributed by atoms with Crippen LogP contribution in [-0.2, 0) is 10.0 Å². The van der Waals surface area contributed by atoms with Crippen molar-refractivity contribution in [3.63, 3.8) is 0 Å². The molecule has 3 heterocycles. The first kappa shape index (κ1) is 30.7. The quantitative estimate of drug-likeness (QED) is 0.230. The Bertz CT molecular complexity index is 2120. The minimum Gasteiger partial charge on any atom is -0.471 e. The number of aromatic nitrogens is 1. The van der Waals surface area contributed by atoms with E-state index in [0.29, 0.717) is 16.5 Å². The second-order valence-corrected chi connectivity index (χ2v) is 12.8. The van der Waals surface area contributed by atoms with Crippen LogP contribution in [0.2, 0.25) is 0 Å². The Hall–Kier alpha value is -5.30. The van der Waals surface area contributed by atoms with E-state index >= 15 is 0 Å². The SMILES string of the molecule is CNC(=O)c1c(-c2ccc(F)cc2)oc2cc(N(C)S(C)(=O)=O)c(-c3ccc4c(n3)C(=O)N(C(C)c3ccc(F)cc3)CO4)cc12.[HH]. The van der Waals surface area contributed by atoms with Crippen LogP contribution in [0.5, 0.6) is 5.75 Å². The van der Waals surface area contributed by atoms with Gasteiger partial charge in [0.1, 0.15) is 23.0 Å². The molecule has 6 rings (SSSR count). The summed E-state index contributed by atoms with van der Waals surface area (Å²) in [7, 11) is -0.982. The number of halogens is 2. The molecule has 1 aliphatic rings. The molecule has 238 valence electrons. The van der Waals surface area contributed by atoms with Gasteiger partial charge in [-0.1, -0.05) is 12.1 Å². The number of nitrogens with zero attached hydrogens (tertiary/aromatic N) is 3. The summed E-state index contributed by atoms with van der Waals surface area (Å²) in [5.41, 5.74) is 2.16. The van der Waals surface area contributed by atoms with Crippen LogP contribution < -0.4 is 14.4 Å². The van der Waals surface area contributed by atoms with E-state index in [-0.39, 0.29) is 53.5 Å². The van der Waals surface area contributed by atoms with Gasteiger partial charge in [-0.2, -0.15) is 0 Å². The molecule has 10 nitrogen and oxygen atoms in total. The second kappa shape index (κ2) is 11.6. The first-order chi connectivity index (χ1) is 21.9. The van der Waals surface area contributed by atoms with Crippen LogP contribution in [0.4, 0.5) is 14.5 Å². The molecule has 0 saturated carbocycles. The minimum atomic E-state index is -3.80. The average molecular weight is 649 g/mol. The standard InChI is InChI=1S/C33H28F2N4O6S.H2/c1-18(19-5-9-21(34)10-6-19)39-17-44-27-14-13-25(37-30(27)33(39)41)23-15-24-28(16-26(23)38(3)46(4,42)43)45-31(29(24)32(40)36-2)20-7-11-22(35)12-8-20;/h5-16,18H,17H2,1-4H3,(H,36,40);1H. The van der Waals surface area contributed by atoms with E-state index in [2.05, 4.69) is 10.3 Å². The summed E-state index contributed by atoms with van der Waals surface area (Å²) in [4.78, 5) is 33.0. The maximum absolute atomic E-state index is 13.7. The lowest BCUT2D eigenvalue weighted by Gasteiger charge is -2.33. The topological polar surface area (TPSA) is 122 Å². The number of fused-ring (bicyclic) bond motifs is 2. The van der Waals surface area contributed by atoms with Crippen molar-refractivity contribution < 1.29 is 37.4 Å². The zero-order valence-corrected chi connectivity index (χ0v) is 26.0. The van der Waals surface area contributed by atoms with Crippen LogP contribution in [0.1, 0.15) is 40.8 Å². The van der Waals surface area contributed by atoms with E-state index < -0.39 is 39.5 Å². The van der Waals surface area contributed by atoms with E-state index in [1.807, 2.05) is 0 Å². The highest BCUT2D eigenvalue weighted by Crippen LogP contribution is 2.42. The Kier molecular flexibility index (Phi) is 7.72. The Labute approximate surface area is 264 Å². The average Bonchev–Trinajstić information content (AvgIpc) is 3.42. The summed E-state index contributed by atoms with van der Waals surface area (Å²) < 4.78 is 65.8. The van der Waals surface area contributed by atoms with Gasteiger partial charge in [0, 0.05) is 38.1 Å². The summed E-state index contributed by atoms with van der Waals surface area (Å²) >= 11 is 0. The molecule has 46 heavy (non-hydrogen) atoms. The number of rotatable bonds is 7. The number of carbonyl (C=O) groups is 2. The molecule has 0 fully saturated rings. The largest absolute Gasteiger partial charge is 0.471 e. The van der Waals surface area contributed by atoms with Gasteiger partial charge in [0.25, 0.3) is 11.8 Å². The van der Waals surface area contributed by atoms with Crippen molar-refractivity contribution in [3.8, 4) is 28.3 Å². The summed E-state index contributed by atoms with van der Waals surface area (Å²) in [6, 6.07) is 17.0. The first-order valence-corrected chi connectivity index (χ1v) is 15.9. The third-order valence-electron chi connectivity index (χ3n) is 7.98. The van der Waals surface area contributed by atoms with Gasteiger partial charge in [-0.25, -0.2) is 22.2 Å². The minimum absolute atomic E-state index is 0. The number of ether oxygens (including phenoxy) is 1. The number of carbonyl (C=O) groups excluding carboxylic acids is 2. The van der Waals surface area contributed by atoms with Crippen LogP contribution in [-0.4, -0.2) is 57.2 Å². The van der Waals surface area contributed by atoms with Crippen molar-refractivity contribution in [3.05, 3.63) is 101 Å². The molecular formula is C33H30F2N4O6S. The fourth-order valence-corrected chi connectivity index (χ4v) is 5.85. The van der Waals surface area contributed by atoms with Gasteiger partial charge in [-0.05, 0) is 67.1 Å². The smallest absolute Gasteiger partial charge is 0.279 e. The first-order valence-electron chi connectivity index (χ1n) is 14.1. The number of hydrogen-bond donors (Lipinski definition) is 1. The predicted molar refractivity (Wildman–Crippen MR) is 170 cm³/mol. The van der Waals surface area contributed by atoms with Gasteiger partial charge in [-0.15, -0.1) is 0 Å². The predicted octanol–water partition coefficient (Wildman–Crippen LogP) is 5.99. The van der Waals surface area contributed by atoms with Crippen LogP contribution in [0.3, 0.4) is 0 Å². The number of hydrogen-bond acceptors (Lipinski definition) is 7. The lowest BCUT2D eigenvalue weighted by Crippen LogP contribution is -2.41. The third kappa shape index (κ3) is 5.42. The molecule has 0 spiro atoms. The van der Waals surface area contributed by atoms with E-state index in [4.69, 9.17) is 9.15 Å². The zero-order valence-electron chi connectivity index (χ0n) is 25.2. The highest BCUT2D eigenvalue weighted by atomic mass is 32.2. The fraction of sp³-hybridized carbons (Fsp3) is 0.182. The Balaban J connectivity index is 0.00000433. The highest BCUT2D eigenvalue weighted by molar-refractivity contribution is 7.92. The molecule has 0 radical (unpaired) electrons. The van der Waals surface area contributed by atoms with Crippen LogP contribution in [0, 0.1) is 11.6 Å². The highest BCUT2D eigenvalue weighted by Gasteiger charge is 2.33. The number of nitrogens with one attached hydrogen (secondary N) is 1. The molecule has 0 aliphatic carbocycles. The van der Waals surface area contributed by atoms with Crippen molar-refractivity contribution in [2.24, 2.45) is 0 Å². The molecular weight excluding hydrogens is 618 g/mol. The summed E-state index contributed by atoms with van der Waals surface area (Å²) in [5.74, 6) is -1.39. The Morgan fingerprint density at radius 2 is 1.70 bits per heavy atom. The van der Waals surface area contributed by atoms with E-state index in [0.717, 1.165) is 10.6 Å². The second-order valence-electron chi connectivity index (χ2n) is 10.8. The summed E-state index contributed by atoms with van der Waals surface area (Å²) in [6.45, 7) is 1.73. The fourth-order valence-electron chi connectivity index (χ4n) is 5.34. The third-order valence-corrected chi connectivity index (χ3v) is 9.17. The van der Waals surface area contributed by atoms with Gasteiger partial charge < -0.3 is 14.5 Å². The van der Waals surface area contributed by atoms with Gasteiger partial charge in [0.15, 0.2) is 18.2 Å². The number of amides is 2. The van der Waals surface area contributed by atoms with Crippen molar-refractivity contribution >= 4 is 38.5 Å². The monoisotopic (exact) mass is 648 g/mol. The van der Waals surface area contributed by atoms with Crippen LogP contribution in [0.25, 0.3) is 33.6 Å². The molecule has 2 amide bonds. The summed E-state index contributed by atoms with van der Waals surface area (Å²) in [5, 5.41) is 2.94. The molecule has 5 aromatic rings. The number of sulfonamides is 1. The Morgan fingerprint density at radius 1 is 1.04 bits per heavy atom. The normalized spacial score (nSPS) is 13.7. The van der Waals surface area contributed by atoms with E-state index in [1.165, 1.54) is 61.5 Å². The number of furan rings is 1. The van der Waals surface area contributed by atoms with Crippen molar-refractivity contribution in [1.82, 2.24) is 15.2 Å². The van der Waals surface area contributed by atoms with E-state index in [1.54, 1.807) is 37.3 Å². The number of anilines is 1. The molecule has 0 saturated heterocycles. The molecule has 0 bridgehead atoms. The molecule has 1 unspecified atom stereocenters. The zero-order chi connectivity index (χ0) is 32.9. The molecule has 3 aromatic carbocycles. The summed E-state index contributed by atoms with van der Waals surface area (Å²) in [6.07, 6.45) is 1.04. The maximum atomic E-state index is 13.7. The Morgan fingerprint density at radius 3 is 2.33 bits per heavy atom.